The van der Waals surface area contributed by atoms with Gasteiger partial charge in [0.1, 0.15) is 0 Å². The quantitative estimate of drug-likeness (QED) is 0.263. The van der Waals surface area contributed by atoms with Crippen LogP contribution in [0.3, 0.4) is 0 Å². The molecule has 6 aromatic carbocycles. The standard InChI is InChI=1S/C36H25NOSSi/c38-39-32-22-12-13-23-33(32)40(27-16-6-2-7-17-27,28-18-8-3-9-19-28)34-25-24-31-35(36(34)39)29-20-10-11-21-30(29)37(31)26-14-4-1-5-15-26/h1-25H. The summed E-state index contributed by atoms with van der Waals surface area (Å²) in [4.78, 5) is 1.89. The van der Waals surface area contributed by atoms with E-state index < -0.39 is 18.9 Å². The maximum absolute atomic E-state index is 14.8. The van der Waals surface area contributed by atoms with Crippen molar-refractivity contribution < 1.29 is 4.21 Å². The molecule has 0 saturated carbocycles. The Kier molecular flexibility index (Phi) is 5.27. The van der Waals surface area contributed by atoms with Crippen molar-refractivity contribution in [2.75, 3.05) is 0 Å². The van der Waals surface area contributed by atoms with Crippen LogP contribution in [-0.4, -0.2) is 16.8 Å². The lowest BCUT2D eigenvalue weighted by Gasteiger charge is -2.40. The number of para-hydroxylation sites is 2. The van der Waals surface area contributed by atoms with E-state index in [1.807, 2.05) is 12.1 Å². The lowest BCUT2D eigenvalue weighted by molar-refractivity contribution is 0.684. The molecular formula is C36H25NOSSi. The monoisotopic (exact) mass is 547 g/mol. The van der Waals surface area contributed by atoms with Gasteiger partial charge >= 0.3 is 0 Å². The highest BCUT2D eigenvalue weighted by Crippen LogP contribution is 2.38. The second-order valence-electron chi connectivity index (χ2n) is 10.3. The number of fused-ring (bicyclic) bond motifs is 6. The molecule has 0 saturated heterocycles. The number of nitrogens with zero attached hydrogens (tertiary/aromatic N) is 1. The summed E-state index contributed by atoms with van der Waals surface area (Å²) in [5, 5.41) is 7.26. The third-order valence-corrected chi connectivity index (χ3v) is 15.1. The van der Waals surface area contributed by atoms with Crippen LogP contribution in [0, 0.1) is 0 Å². The van der Waals surface area contributed by atoms with E-state index in [0.29, 0.717) is 0 Å². The molecule has 0 spiro atoms. The third-order valence-electron chi connectivity index (χ3n) is 8.30. The van der Waals surface area contributed by atoms with Gasteiger partial charge in [-0.15, -0.1) is 0 Å². The molecule has 0 radical (unpaired) electrons. The molecule has 0 aliphatic carbocycles. The minimum absolute atomic E-state index is 0.929. The Balaban J connectivity index is 1.60. The normalized spacial score (nSPS) is 15.6. The summed E-state index contributed by atoms with van der Waals surface area (Å²) < 4.78 is 17.1. The molecule has 0 N–H and O–H groups in total. The first-order valence-corrected chi connectivity index (χ1v) is 16.7. The van der Waals surface area contributed by atoms with Crippen LogP contribution in [-0.2, 0) is 10.8 Å². The van der Waals surface area contributed by atoms with Crippen LogP contribution >= 0.6 is 0 Å². The van der Waals surface area contributed by atoms with Crippen molar-refractivity contribution >= 4 is 61.4 Å². The van der Waals surface area contributed by atoms with Gasteiger partial charge in [-0.05, 0) is 51.1 Å². The Labute approximate surface area is 236 Å². The summed E-state index contributed by atoms with van der Waals surface area (Å²) in [6.45, 7) is 0. The number of hydrogen-bond acceptors (Lipinski definition) is 1. The van der Waals surface area contributed by atoms with E-state index >= 15 is 0 Å². The van der Waals surface area contributed by atoms with E-state index in [1.54, 1.807) is 0 Å². The van der Waals surface area contributed by atoms with Crippen molar-refractivity contribution in [3.05, 3.63) is 152 Å². The van der Waals surface area contributed by atoms with Gasteiger partial charge in [0.15, 0.2) is 8.07 Å². The molecule has 4 heteroatoms. The maximum Gasteiger partial charge on any atom is 0.182 e. The van der Waals surface area contributed by atoms with E-state index in [0.717, 1.165) is 37.3 Å². The fourth-order valence-corrected chi connectivity index (χ4v) is 14.4. The first-order chi connectivity index (χ1) is 19.8. The minimum atomic E-state index is -2.79. The van der Waals surface area contributed by atoms with Gasteiger partial charge in [0.2, 0.25) is 0 Å². The Morgan fingerprint density at radius 1 is 0.500 bits per heavy atom. The van der Waals surface area contributed by atoms with Crippen LogP contribution in [0.15, 0.2) is 161 Å². The second-order valence-corrected chi connectivity index (χ2v) is 15.4. The molecule has 1 aliphatic heterocycles. The van der Waals surface area contributed by atoms with Crippen molar-refractivity contribution in [3.8, 4) is 5.69 Å². The van der Waals surface area contributed by atoms with Gasteiger partial charge in [-0.25, -0.2) is 4.21 Å². The smallest absolute Gasteiger partial charge is 0.182 e. The topological polar surface area (TPSA) is 22.0 Å². The molecule has 40 heavy (non-hydrogen) atoms. The summed E-state index contributed by atoms with van der Waals surface area (Å²) in [5.41, 5.74) is 3.31. The molecule has 190 valence electrons. The van der Waals surface area contributed by atoms with Crippen molar-refractivity contribution in [2.24, 2.45) is 0 Å². The number of benzene rings is 6. The van der Waals surface area contributed by atoms with Crippen LogP contribution in [0.2, 0.25) is 0 Å². The van der Waals surface area contributed by atoms with E-state index in [1.165, 1.54) is 20.7 Å². The zero-order valence-corrected chi connectivity index (χ0v) is 23.5. The lowest BCUT2D eigenvalue weighted by Crippen LogP contribution is -2.77. The Morgan fingerprint density at radius 3 is 1.77 bits per heavy atom. The summed E-state index contributed by atoms with van der Waals surface area (Å²) in [5.74, 6) is 0. The van der Waals surface area contributed by atoms with Crippen molar-refractivity contribution in [2.45, 2.75) is 9.79 Å². The predicted molar refractivity (Wildman–Crippen MR) is 169 cm³/mol. The molecule has 1 unspecified atom stereocenters. The zero-order chi connectivity index (χ0) is 26.7. The van der Waals surface area contributed by atoms with E-state index in [4.69, 9.17) is 0 Å². The van der Waals surface area contributed by atoms with Crippen LogP contribution < -0.4 is 20.7 Å². The second kappa shape index (κ2) is 9.02. The third kappa shape index (κ3) is 3.12. The number of hydrogen-bond donors (Lipinski definition) is 0. The molecular weight excluding hydrogens is 523 g/mol. The Morgan fingerprint density at radius 2 is 1.07 bits per heavy atom. The summed E-state index contributed by atoms with van der Waals surface area (Å²) in [6.07, 6.45) is 0. The van der Waals surface area contributed by atoms with Gasteiger partial charge in [-0.1, -0.05) is 121 Å². The number of rotatable bonds is 3. The molecule has 1 aliphatic rings. The summed E-state index contributed by atoms with van der Waals surface area (Å²) in [6, 6.07) is 53.8. The Hall–Kier alpha value is -4.51. The molecule has 2 heterocycles. The molecule has 2 nitrogen and oxygen atoms in total. The molecule has 8 rings (SSSR count). The highest BCUT2D eigenvalue weighted by molar-refractivity contribution is 7.86. The molecule has 0 bridgehead atoms. The van der Waals surface area contributed by atoms with Gasteiger partial charge in [0, 0.05) is 21.4 Å². The van der Waals surface area contributed by atoms with Gasteiger partial charge < -0.3 is 4.57 Å². The molecule has 0 amide bonds. The zero-order valence-electron chi connectivity index (χ0n) is 21.7. The van der Waals surface area contributed by atoms with Crippen LogP contribution in [0.25, 0.3) is 27.5 Å². The van der Waals surface area contributed by atoms with Gasteiger partial charge in [-0.2, -0.15) is 0 Å². The fraction of sp³-hybridized carbons (Fsp3) is 0. The van der Waals surface area contributed by atoms with E-state index in [2.05, 4.69) is 144 Å². The van der Waals surface area contributed by atoms with Crippen LogP contribution in [0.5, 0.6) is 0 Å². The van der Waals surface area contributed by atoms with Crippen molar-refractivity contribution in [1.29, 1.82) is 0 Å². The van der Waals surface area contributed by atoms with Gasteiger partial charge in [0.05, 0.1) is 26.7 Å². The highest BCUT2D eigenvalue weighted by Gasteiger charge is 2.49. The molecule has 0 fully saturated rings. The number of aromatic nitrogens is 1. The summed E-state index contributed by atoms with van der Waals surface area (Å²) in [7, 11) is -4.13. The van der Waals surface area contributed by atoms with Crippen molar-refractivity contribution in [1.82, 2.24) is 4.57 Å². The molecule has 1 aromatic heterocycles. The molecule has 7 aromatic rings. The van der Waals surface area contributed by atoms with E-state index in [9.17, 15) is 4.21 Å². The Bertz CT molecular complexity index is 2030. The van der Waals surface area contributed by atoms with Gasteiger partial charge in [-0.3, -0.25) is 0 Å². The van der Waals surface area contributed by atoms with Crippen LogP contribution in [0.1, 0.15) is 0 Å². The van der Waals surface area contributed by atoms with E-state index in [-0.39, 0.29) is 0 Å². The maximum atomic E-state index is 14.8. The van der Waals surface area contributed by atoms with Crippen LogP contribution in [0.4, 0.5) is 0 Å². The first kappa shape index (κ1) is 23.4. The SMILES string of the molecule is O=S1c2ccccc2[Si](c2ccccc2)(c2ccccc2)c2ccc3c(c21)c1ccccc1n3-c1ccccc1. The highest BCUT2D eigenvalue weighted by atomic mass is 32.2. The summed E-state index contributed by atoms with van der Waals surface area (Å²) >= 11 is 0. The molecule has 1 atom stereocenters. The average molecular weight is 548 g/mol. The average Bonchev–Trinajstić information content (AvgIpc) is 3.37. The predicted octanol–water partition coefficient (Wildman–Crippen LogP) is 5.64. The largest absolute Gasteiger partial charge is 0.309 e. The minimum Gasteiger partial charge on any atom is -0.309 e. The fourth-order valence-electron chi connectivity index (χ4n) is 6.73. The lowest BCUT2D eigenvalue weighted by atomic mass is 10.1. The first-order valence-electron chi connectivity index (χ1n) is 13.5. The van der Waals surface area contributed by atoms with Crippen molar-refractivity contribution in [3.63, 3.8) is 0 Å². The van der Waals surface area contributed by atoms with Gasteiger partial charge in [0.25, 0.3) is 0 Å².